The number of amides is 1. The molecule has 24 heavy (non-hydrogen) atoms. The van der Waals surface area contributed by atoms with Crippen LogP contribution < -0.4 is 11.1 Å². The van der Waals surface area contributed by atoms with E-state index in [1.165, 1.54) is 6.26 Å². The van der Waals surface area contributed by atoms with Crippen LogP contribution in [-0.4, -0.2) is 19.3 Å². The van der Waals surface area contributed by atoms with Gasteiger partial charge in [-0.25, -0.2) is 4.79 Å². The molecule has 1 saturated carbocycles. The molecule has 1 fully saturated rings. The summed E-state index contributed by atoms with van der Waals surface area (Å²) < 4.78 is 10.7. The van der Waals surface area contributed by atoms with E-state index in [2.05, 4.69) is 11.9 Å². The minimum atomic E-state index is -0.373. The molecule has 132 valence electrons. The summed E-state index contributed by atoms with van der Waals surface area (Å²) in [5, 5.41) is 2.85. The summed E-state index contributed by atoms with van der Waals surface area (Å²) in [6, 6.07) is 7.37. The molecule has 2 rings (SSSR count). The average Bonchev–Trinajstić information content (AvgIpc) is 2.59. The zero-order valence-corrected chi connectivity index (χ0v) is 14.4. The maximum absolute atomic E-state index is 12.0. The second-order valence-electron chi connectivity index (χ2n) is 6.52. The Labute approximate surface area is 144 Å². The number of carbonyl (C=O) groups is 1. The van der Waals surface area contributed by atoms with Crippen molar-refractivity contribution >= 4 is 11.8 Å². The Hall–Kier alpha value is -2.17. The van der Waals surface area contributed by atoms with Gasteiger partial charge in [-0.1, -0.05) is 18.7 Å². The number of hydrogen-bond acceptors (Lipinski definition) is 4. The van der Waals surface area contributed by atoms with Crippen LogP contribution in [0.2, 0.25) is 0 Å². The van der Waals surface area contributed by atoms with Gasteiger partial charge in [0.2, 0.25) is 0 Å². The maximum Gasteiger partial charge on any atom is 0.407 e. The van der Waals surface area contributed by atoms with Crippen LogP contribution >= 0.6 is 0 Å². The zero-order valence-electron chi connectivity index (χ0n) is 14.4. The monoisotopic (exact) mass is 332 g/mol. The van der Waals surface area contributed by atoms with Crippen LogP contribution in [0, 0.1) is 11.8 Å². The van der Waals surface area contributed by atoms with Crippen molar-refractivity contribution in [1.29, 1.82) is 0 Å². The van der Waals surface area contributed by atoms with Crippen LogP contribution in [0.15, 0.2) is 37.1 Å². The molecule has 0 saturated heterocycles. The number of carbonyl (C=O) groups excluding carboxylic acids is 1. The second-order valence-corrected chi connectivity index (χ2v) is 6.52. The smallest absolute Gasteiger partial charge is 0.407 e. The fraction of sp³-hybridized carbons (Fsp3) is 0.526. The number of nitrogens with two attached hydrogens (primary N) is 1. The molecular formula is C19H28N2O3. The van der Waals surface area contributed by atoms with Crippen molar-refractivity contribution in [2.45, 2.75) is 38.6 Å². The van der Waals surface area contributed by atoms with E-state index in [1.54, 1.807) is 0 Å². The van der Waals surface area contributed by atoms with Gasteiger partial charge in [-0.05, 0) is 62.1 Å². The molecule has 0 bridgehead atoms. The first kappa shape index (κ1) is 18.2. The molecule has 1 aromatic rings. The van der Waals surface area contributed by atoms with Crippen LogP contribution in [0.25, 0.3) is 0 Å². The molecule has 1 aromatic carbocycles. The lowest BCUT2D eigenvalue weighted by atomic mass is 9.83. The van der Waals surface area contributed by atoms with E-state index in [0.29, 0.717) is 24.1 Å². The number of anilines is 1. The van der Waals surface area contributed by atoms with E-state index in [1.807, 2.05) is 31.2 Å². The molecule has 1 aliphatic rings. The molecular weight excluding hydrogens is 304 g/mol. The lowest BCUT2D eigenvalue weighted by molar-refractivity contribution is 0.0934. The Bertz CT molecular complexity index is 539. The maximum atomic E-state index is 12.0. The minimum Gasteiger partial charge on any atom is -0.502 e. The van der Waals surface area contributed by atoms with Crippen molar-refractivity contribution in [3.05, 3.63) is 42.7 Å². The van der Waals surface area contributed by atoms with Crippen molar-refractivity contribution in [1.82, 2.24) is 5.32 Å². The largest absolute Gasteiger partial charge is 0.502 e. The summed E-state index contributed by atoms with van der Waals surface area (Å²) in [5.41, 5.74) is 7.42. The first-order valence-electron chi connectivity index (χ1n) is 8.59. The SMILES string of the molecule is C=COCC1CCC(COC(=O)NC(C)c2cccc(N)c2)CC1. The van der Waals surface area contributed by atoms with Crippen molar-refractivity contribution < 1.29 is 14.3 Å². The topological polar surface area (TPSA) is 73.6 Å². The third-order valence-corrected chi connectivity index (χ3v) is 4.61. The minimum absolute atomic E-state index is 0.132. The molecule has 0 aromatic heterocycles. The number of nitrogens with one attached hydrogen (secondary N) is 1. The van der Waals surface area contributed by atoms with Crippen LogP contribution in [-0.2, 0) is 9.47 Å². The Kier molecular flexibility index (Phi) is 6.97. The summed E-state index contributed by atoms with van der Waals surface area (Å²) in [4.78, 5) is 12.0. The van der Waals surface area contributed by atoms with Gasteiger partial charge in [0.25, 0.3) is 0 Å². The summed E-state index contributed by atoms with van der Waals surface area (Å²) in [5.74, 6) is 1.04. The standard InChI is InChI=1S/C19H28N2O3/c1-3-23-12-15-7-9-16(10-8-15)13-24-19(22)21-14(2)17-5-4-6-18(20)11-17/h3-6,11,14-16H,1,7-10,12-13,20H2,2H3,(H,21,22). The molecule has 0 aliphatic heterocycles. The van der Waals surface area contributed by atoms with Crippen LogP contribution in [0.1, 0.15) is 44.2 Å². The van der Waals surface area contributed by atoms with Crippen LogP contribution in [0.5, 0.6) is 0 Å². The summed E-state index contributed by atoms with van der Waals surface area (Å²) in [7, 11) is 0. The Morgan fingerprint density at radius 3 is 2.62 bits per heavy atom. The Balaban J connectivity index is 1.67. The van der Waals surface area contributed by atoms with E-state index in [-0.39, 0.29) is 12.1 Å². The first-order chi connectivity index (χ1) is 11.6. The molecule has 5 nitrogen and oxygen atoms in total. The van der Waals surface area contributed by atoms with Crippen molar-refractivity contribution in [2.75, 3.05) is 18.9 Å². The summed E-state index contributed by atoms with van der Waals surface area (Å²) >= 11 is 0. The van der Waals surface area contributed by atoms with E-state index in [4.69, 9.17) is 15.2 Å². The van der Waals surface area contributed by atoms with E-state index in [9.17, 15) is 4.79 Å². The molecule has 1 unspecified atom stereocenters. The highest BCUT2D eigenvalue weighted by Crippen LogP contribution is 2.29. The summed E-state index contributed by atoms with van der Waals surface area (Å²) in [6.45, 7) is 6.70. The second kappa shape index (κ2) is 9.21. The predicted molar refractivity (Wildman–Crippen MR) is 95.4 cm³/mol. The summed E-state index contributed by atoms with van der Waals surface area (Å²) in [6.07, 6.45) is 5.50. The Morgan fingerprint density at radius 1 is 1.33 bits per heavy atom. The third-order valence-electron chi connectivity index (χ3n) is 4.61. The molecule has 1 amide bonds. The van der Waals surface area contributed by atoms with Gasteiger partial charge < -0.3 is 20.5 Å². The highest BCUT2D eigenvalue weighted by atomic mass is 16.5. The molecule has 1 aliphatic carbocycles. The van der Waals surface area contributed by atoms with E-state index in [0.717, 1.165) is 37.9 Å². The van der Waals surface area contributed by atoms with Gasteiger partial charge in [-0.2, -0.15) is 0 Å². The number of nitrogen functional groups attached to an aromatic ring is 1. The van der Waals surface area contributed by atoms with Gasteiger partial charge in [0.15, 0.2) is 0 Å². The lowest BCUT2D eigenvalue weighted by Crippen LogP contribution is -2.30. The molecule has 0 spiro atoms. The van der Waals surface area contributed by atoms with E-state index >= 15 is 0 Å². The van der Waals surface area contributed by atoms with Gasteiger partial charge in [-0.3, -0.25) is 0 Å². The van der Waals surface area contributed by atoms with Gasteiger partial charge in [0.05, 0.1) is 25.5 Å². The van der Waals surface area contributed by atoms with Gasteiger partial charge >= 0.3 is 6.09 Å². The van der Waals surface area contributed by atoms with Gasteiger partial charge in [0, 0.05) is 5.69 Å². The van der Waals surface area contributed by atoms with Gasteiger partial charge in [-0.15, -0.1) is 0 Å². The molecule has 0 radical (unpaired) electrons. The molecule has 0 heterocycles. The average molecular weight is 332 g/mol. The zero-order chi connectivity index (χ0) is 17.4. The van der Waals surface area contributed by atoms with E-state index < -0.39 is 0 Å². The number of rotatable bonds is 7. The van der Waals surface area contributed by atoms with Gasteiger partial charge in [0.1, 0.15) is 0 Å². The van der Waals surface area contributed by atoms with Crippen molar-refractivity contribution in [3.8, 4) is 0 Å². The normalized spacial score (nSPS) is 21.5. The van der Waals surface area contributed by atoms with Crippen molar-refractivity contribution in [3.63, 3.8) is 0 Å². The first-order valence-corrected chi connectivity index (χ1v) is 8.59. The molecule has 3 N–H and O–H groups in total. The highest BCUT2D eigenvalue weighted by Gasteiger charge is 2.22. The van der Waals surface area contributed by atoms with Crippen LogP contribution in [0.3, 0.4) is 0 Å². The molecule has 1 atom stereocenters. The number of ether oxygens (including phenoxy) is 2. The number of benzene rings is 1. The number of alkyl carbamates (subject to hydrolysis) is 1. The molecule has 5 heteroatoms. The lowest BCUT2D eigenvalue weighted by Gasteiger charge is -2.27. The van der Waals surface area contributed by atoms with Crippen molar-refractivity contribution in [2.24, 2.45) is 11.8 Å². The number of hydrogen-bond donors (Lipinski definition) is 2. The predicted octanol–water partition coefficient (Wildman–Crippen LogP) is 4.02. The van der Waals surface area contributed by atoms with Crippen LogP contribution in [0.4, 0.5) is 10.5 Å². The Morgan fingerprint density at radius 2 is 2.00 bits per heavy atom. The quantitative estimate of drug-likeness (QED) is 0.584. The third kappa shape index (κ3) is 5.80. The highest BCUT2D eigenvalue weighted by molar-refractivity contribution is 5.68. The fourth-order valence-electron chi connectivity index (χ4n) is 3.09. The fourth-order valence-corrected chi connectivity index (χ4v) is 3.09.